The summed E-state index contributed by atoms with van der Waals surface area (Å²) in [5.41, 5.74) is 7.26. The molecule has 2 unspecified atom stereocenters. The van der Waals surface area contributed by atoms with Crippen molar-refractivity contribution < 1.29 is 18.0 Å². The SMILES string of the molecule is CC1(C(N)=O)CCC(NC(=O)Nc2nc3ccc(-c4cccc(S(C)(=O)=O)c4)cc3s2)C1. The van der Waals surface area contributed by atoms with Crippen molar-refractivity contribution in [3.8, 4) is 11.1 Å². The fourth-order valence-electron chi connectivity index (χ4n) is 3.97. The first-order valence-corrected chi connectivity index (χ1v) is 12.8. The van der Waals surface area contributed by atoms with Gasteiger partial charge in [0, 0.05) is 17.7 Å². The molecule has 0 bridgehead atoms. The Morgan fingerprint density at radius 3 is 2.62 bits per heavy atom. The van der Waals surface area contributed by atoms with Gasteiger partial charge in [0.05, 0.1) is 15.1 Å². The molecule has 4 N–H and O–H groups in total. The van der Waals surface area contributed by atoms with E-state index >= 15 is 0 Å². The van der Waals surface area contributed by atoms with Gasteiger partial charge in [-0.15, -0.1) is 0 Å². The summed E-state index contributed by atoms with van der Waals surface area (Å²) >= 11 is 1.33. The molecular weight excluding hydrogens is 448 g/mol. The van der Waals surface area contributed by atoms with Crippen molar-refractivity contribution in [3.63, 3.8) is 0 Å². The van der Waals surface area contributed by atoms with Gasteiger partial charge in [0.1, 0.15) is 0 Å². The van der Waals surface area contributed by atoms with Crippen LogP contribution in [-0.4, -0.2) is 37.6 Å². The van der Waals surface area contributed by atoms with E-state index in [0.29, 0.717) is 24.4 Å². The Bertz CT molecular complexity index is 1320. The zero-order valence-corrected chi connectivity index (χ0v) is 19.3. The van der Waals surface area contributed by atoms with E-state index in [-0.39, 0.29) is 22.9 Å². The van der Waals surface area contributed by atoms with Crippen LogP contribution in [0.2, 0.25) is 0 Å². The van der Waals surface area contributed by atoms with Crippen LogP contribution in [0.4, 0.5) is 9.93 Å². The maximum atomic E-state index is 12.4. The van der Waals surface area contributed by atoms with E-state index < -0.39 is 15.3 Å². The number of rotatable bonds is 5. The summed E-state index contributed by atoms with van der Waals surface area (Å²) in [7, 11) is -3.30. The summed E-state index contributed by atoms with van der Waals surface area (Å²) in [6, 6.07) is 11.9. The number of thiazole rings is 1. The maximum Gasteiger partial charge on any atom is 0.321 e. The van der Waals surface area contributed by atoms with E-state index in [1.807, 2.05) is 31.2 Å². The van der Waals surface area contributed by atoms with Crippen LogP contribution in [0.15, 0.2) is 47.4 Å². The zero-order chi connectivity index (χ0) is 23.1. The van der Waals surface area contributed by atoms with Crippen LogP contribution in [-0.2, 0) is 14.6 Å². The predicted octanol–water partition coefficient (Wildman–Crippen LogP) is 3.53. The number of urea groups is 1. The third-order valence-corrected chi connectivity index (χ3v) is 7.92. The number of primary amides is 1. The number of sulfone groups is 1. The lowest BCUT2D eigenvalue weighted by Gasteiger charge is -2.19. The molecule has 2 atom stereocenters. The van der Waals surface area contributed by atoms with Crippen LogP contribution >= 0.6 is 11.3 Å². The van der Waals surface area contributed by atoms with Gasteiger partial charge in [-0.25, -0.2) is 18.2 Å². The number of carbonyl (C=O) groups is 2. The number of nitrogens with one attached hydrogen (secondary N) is 2. The van der Waals surface area contributed by atoms with Crippen LogP contribution < -0.4 is 16.4 Å². The Hall–Kier alpha value is -2.98. The highest BCUT2D eigenvalue weighted by Gasteiger charge is 2.40. The van der Waals surface area contributed by atoms with Crippen LogP contribution in [0.25, 0.3) is 21.3 Å². The molecular formula is C22H24N4O4S2. The highest BCUT2D eigenvalue weighted by atomic mass is 32.2. The first kappa shape index (κ1) is 22.2. The normalized spacial score (nSPS) is 20.9. The van der Waals surface area contributed by atoms with E-state index in [0.717, 1.165) is 21.3 Å². The molecule has 10 heteroatoms. The van der Waals surface area contributed by atoms with Crippen molar-refractivity contribution in [2.45, 2.75) is 37.1 Å². The van der Waals surface area contributed by atoms with Crippen LogP contribution in [0, 0.1) is 5.41 Å². The number of hydrogen-bond acceptors (Lipinski definition) is 6. The average molecular weight is 473 g/mol. The van der Waals surface area contributed by atoms with Crippen molar-refractivity contribution in [1.82, 2.24) is 10.3 Å². The fraction of sp³-hybridized carbons (Fsp3) is 0.318. The first-order chi connectivity index (χ1) is 15.0. The van der Waals surface area contributed by atoms with Gasteiger partial charge in [0.15, 0.2) is 15.0 Å². The minimum Gasteiger partial charge on any atom is -0.369 e. The van der Waals surface area contributed by atoms with E-state index in [1.54, 1.807) is 18.2 Å². The monoisotopic (exact) mass is 472 g/mol. The number of anilines is 1. The third kappa shape index (κ3) is 4.61. The standard InChI is InChI=1S/C22H24N4O4S2/c1-22(19(23)27)9-8-15(12-22)24-20(28)26-21-25-17-7-6-14(11-18(17)31-21)13-4-3-5-16(10-13)32(2,29)30/h3-7,10-11,15H,8-9,12H2,1-2H3,(H2,23,27)(H2,24,25,26,28). The van der Waals surface area contributed by atoms with Crippen LogP contribution in [0.3, 0.4) is 0 Å². The van der Waals surface area contributed by atoms with E-state index in [1.165, 1.54) is 17.6 Å². The second-order valence-electron chi connectivity index (χ2n) is 8.46. The molecule has 2 aromatic carbocycles. The number of benzene rings is 2. The quantitative estimate of drug-likeness (QED) is 0.523. The fourth-order valence-corrected chi connectivity index (χ4v) is 5.54. The number of hydrogen-bond donors (Lipinski definition) is 3. The Kier molecular flexibility index (Phi) is 5.68. The number of aromatic nitrogens is 1. The van der Waals surface area contributed by atoms with E-state index in [2.05, 4.69) is 15.6 Å². The molecule has 1 aromatic heterocycles. The minimum atomic E-state index is -3.30. The van der Waals surface area contributed by atoms with Gasteiger partial charge in [-0.05, 0) is 54.7 Å². The van der Waals surface area contributed by atoms with Crippen molar-refractivity contribution in [2.75, 3.05) is 11.6 Å². The topological polar surface area (TPSA) is 131 Å². The smallest absolute Gasteiger partial charge is 0.321 e. The maximum absolute atomic E-state index is 12.4. The molecule has 3 aromatic rings. The van der Waals surface area contributed by atoms with Crippen LogP contribution in [0.5, 0.6) is 0 Å². The molecule has 168 valence electrons. The summed E-state index contributed by atoms with van der Waals surface area (Å²) in [6.07, 6.45) is 3.05. The molecule has 1 saturated carbocycles. The molecule has 4 rings (SSSR count). The van der Waals surface area contributed by atoms with Crippen molar-refractivity contribution >= 4 is 48.5 Å². The molecule has 1 heterocycles. The van der Waals surface area contributed by atoms with Crippen molar-refractivity contribution in [1.29, 1.82) is 0 Å². The number of carbonyl (C=O) groups excluding carboxylic acids is 2. The largest absolute Gasteiger partial charge is 0.369 e. The lowest BCUT2D eigenvalue weighted by atomic mass is 9.88. The van der Waals surface area contributed by atoms with Gasteiger partial charge >= 0.3 is 6.03 Å². The second kappa shape index (κ2) is 8.18. The Labute approximate surface area is 190 Å². The highest BCUT2D eigenvalue weighted by Crippen LogP contribution is 2.37. The molecule has 0 spiro atoms. The molecule has 1 aliphatic rings. The highest BCUT2D eigenvalue weighted by molar-refractivity contribution is 7.90. The molecule has 0 aliphatic heterocycles. The zero-order valence-electron chi connectivity index (χ0n) is 17.7. The number of fused-ring (bicyclic) bond motifs is 1. The molecule has 32 heavy (non-hydrogen) atoms. The summed E-state index contributed by atoms with van der Waals surface area (Å²) in [4.78, 5) is 28.7. The second-order valence-corrected chi connectivity index (χ2v) is 11.5. The first-order valence-electron chi connectivity index (χ1n) is 10.1. The summed E-state index contributed by atoms with van der Waals surface area (Å²) in [6.45, 7) is 1.83. The Balaban J connectivity index is 1.48. The molecule has 8 nitrogen and oxygen atoms in total. The lowest BCUT2D eigenvalue weighted by Crippen LogP contribution is -2.39. The number of amides is 3. The molecule has 1 fully saturated rings. The predicted molar refractivity (Wildman–Crippen MR) is 125 cm³/mol. The van der Waals surface area contributed by atoms with Gasteiger partial charge in [0.2, 0.25) is 5.91 Å². The Morgan fingerprint density at radius 2 is 1.94 bits per heavy atom. The molecule has 1 aliphatic carbocycles. The van der Waals surface area contributed by atoms with E-state index in [4.69, 9.17) is 5.73 Å². The lowest BCUT2D eigenvalue weighted by molar-refractivity contribution is -0.126. The van der Waals surface area contributed by atoms with Gasteiger partial charge in [-0.1, -0.05) is 36.5 Å². The molecule has 3 amide bonds. The third-order valence-electron chi connectivity index (χ3n) is 5.88. The van der Waals surface area contributed by atoms with Crippen LogP contribution in [0.1, 0.15) is 26.2 Å². The molecule has 0 saturated heterocycles. The number of nitrogens with two attached hydrogens (primary N) is 1. The van der Waals surface area contributed by atoms with Crippen molar-refractivity contribution in [3.05, 3.63) is 42.5 Å². The number of nitrogens with zero attached hydrogens (tertiary/aromatic N) is 1. The van der Waals surface area contributed by atoms with Gasteiger partial charge in [0.25, 0.3) is 0 Å². The van der Waals surface area contributed by atoms with E-state index in [9.17, 15) is 18.0 Å². The van der Waals surface area contributed by atoms with Crippen molar-refractivity contribution in [2.24, 2.45) is 11.1 Å². The Morgan fingerprint density at radius 1 is 1.19 bits per heavy atom. The average Bonchev–Trinajstić information content (AvgIpc) is 3.30. The minimum absolute atomic E-state index is 0.115. The summed E-state index contributed by atoms with van der Waals surface area (Å²) < 4.78 is 24.6. The van der Waals surface area contributed by atoms with Gasteiger partial charge in [-0.3, -0.25) is 10.1 Å². The van der Waals surface area contributed by atoms with Gasteiger partial charge < -0.3 is 11.1 Å². The molecule has 0 radical (unpaired) electrons. The van der Waals surface area contributed by atoms with Gasteiger partial charge in [-0.2, -0.15) is 0 Å². The summed E-state index contributed by atoms with van der Waals surface area (Å²) in [5, 5.41) is 6.11. The summed E-state index contributed by atoms with van der Waals surface area (Å²) in [5.74, 6) is -0.341.